The Balaban J connectivity index is 1.61. The van der Waals surface area contributed by atoms with Gasteiger partial charge in [0.15, 0.2) is 117 Å². The van der Waals surface area contributed by atoms with Crippen molar-refractivity contribution in [1.29, 1.82) is 0 Å². The van der Waals surface area contributed by atoms with E-state index in [2.05, 4.69) is 10.6 Å². The van der Waals surface area contributed by atoms with Gasteiger partial charge in [-0.25, -0.2) is 9.59 Å². The molecule has 0 spiro atoms. The number of esters is 17. The molecule has 6 rings (SSSR count). The first kappa shape index (κ1) is 113. The predicted molar refractivity (Wildman–Crippen MR) is 430 cm³/mol. The summed E-state index contributed by atoms with van der Waals surface area (Å²) in [5, 5.41) is 14.8. The average molecular weight is 1960 g/mol. The molecule has 0 radical (unpaired) electrons. The van der Waals surface area contributed by atoms with Crippen LogP contribution in [0.25, 0.3) is 0 Å². The lowest BCUT2D eigenvalue weighted by atomic mass is 9.93. The number of alkyl carbamates (subject to hydrolysis) is 1. The summed E-state index contributed by atoms with van der Waals surface area (Å²) in [7, 11) is 0. The van der Waals surface area contributed by atoms with Gasteiger partial charge in [-0.3, -0.25) is 86.3 Å². The van der Waals surface area contributed by atoms with Crippen LogP contribution in [0.4, 0.5) is 4.79 Å². The van der Waals surface area contributed by atoms with Crippen LogP contribution < -0.4 is 10.6 Å². The molecule has 0 bridgehead atoms. The molecule has 31 atom stereocenters. The smallest absolute Gasteiger partial charge is 0.408 e. The second-order valence-corrected chi connectivity index (χ2v) is 32.5. The van der Waals surface area contributed by atoms with Crippen molar-refractivity contribution in [2.45, 2.75) is 367 Å². The van der Waals surface area contributed by atoms with E-state index in [4.69, 9.17) is 142 Å². The van der Waals surface area contributed by atoms with Crippen molar-refractivity contribution in [3.8, 4) is 0 Å². The van der Waals surface area contributed by atoms with Crippen LogP contribution in [0.1, 0.15) is 172 Å². The summed E-state index contributed by atoms with van der Waals surface area (Å²) in [4.78, 5) is 266. The summed E-state index contributed by atoms with van der Waals surface area (Å²) in [6.07, 6.45) is -62.7. The van der Waals surface area contributed by atoms with E-state index in [0.717, 1.165) is 125 Å². The number of hydrogen-bond donors (Lipinski definition) is 3. The fourth-order valence-corrected chi connectivity index (χ4v) is 15.0. The van der Waals surface area contributed by atoms with E-state index in [-0.39, 0.29) is 25.9 Å². The van der Waals surface area contributed by atoms with E-state index >= 15 is 0 Å². The number of nitrogens with one attached hydrogen (secondary N) is 2. The van der Waals surface area contributed by atoms with Crippen LogP contribution in [0.15, 0.2) is 0 Å². The number of unbranched alkanes of at least 4 members (excludes halogenated alkanes) is 1. The standard InChI is InChI=1S/C83H118N2O51/c1-32-58(114-39(8)92)65(118-43(12)96)71(123-48(17)101)78(113-32)135-74-66(119-44(13)97)60(116-41(10)94)53(28-109-35(4)88)129-81(74)133-64-57(84-33(2)86)76(126-52(27-108-34(3)87)59(64)115-40(9)93)134-69-61(117-42(11)95)54(29-110-36(5)89)128-80(73(69)125-50(19)103)132-63-56(31-112-38(7)91)130-79(72(124-49(18)102)68(63)121-46(15)99)131-62-55(30-111-37(6)90)127-77(70(122-47(16)100)67(62)120-45(14)98)107-26-24-23-25-51(75(104)105)85-82(106)136-83(20,21)22/h32,51-74,76-81H,23-31H2,1-22H3,(H,84,86)(H,85,106)(H,104,105)/t32-,51-,52+,53+,54+,55+,56+,57+,58+,59-,60-,61-,62+,63-,64+,65+,66-,67-,68-,69-,70+,71-,72+,73+,74+,76-,77+,78-,79-,80+,81-/m0/s1. The topological polar surface area (TPSA) is 663 Å². The third-order valence-electron chi connectivity index (χ3n) is 19.6. The van der Waals surface area contributed by atoms with Gasteiger partial charge in [0.1, 0.15) is 106 Å². The van der Waals surface area contributed by atoms with Gasteiger partial charge in [0.25, 0.3) is 0 Å². The minimum atomic E-state index is -2.50. The van der Waals surface area contributed by atoms with Crippen LogP contribution in [0, 0.1) is 0 Å². The summed E-state index contributed by atoms with van der Waals surface area (Å²) >= 11 is 0. The first-order valence-corrected chi connectivity index (χ1v) is 42.6. The van der Waals surface area contributed by atoms with Gasteiger partial charge >= 0.3 is 114 Å². The molecule has 6 aliphatic heterocycles. The normalized spacial score (nSPS) is 31.6. The van der Waals surface area contributed by atoms with Gasteiger partial charge < -0.3 is 158 Å². The highest BCUT2D eigenvalue weighted by molar-refractivity contribution is 5.80. The summed E-state index contributed by atoms with van der Waals surface area (Å²) < 4.78 is 181. The van der Waals surface area contributed by atoms with E-state index in [9.17, 15) is 101 Å². The maximum Gasteiger partial charge on any atom is 0.408 e. The Morgan fingerprint density at radius 3 is 0.890 bits per heavy atom. The molecular weight excluding hydrogens is 1840 g/mol. The number of amides is 2. The highest BCUT2D eigenvalue weighted by atomic mass is 16.8. The summed E-state index contributed by atoms with van der Waals surface area (Å²) in [5.74, 6) is -21.8. The Kier molecular flexibility index (Phi) is 43.6. The fraction of sp³-hybridized carbons (Fsp3) is 0.759. The van der Waals surface area contributed by atoms with E-state index in [1.165, 1.54) is 6.92 Å². The summed E-state index contributed by atoms with van der Waals surface area (Å²) in [6, 6.07) is -3.70. The third-order valence-corrected chi connectivity index (χ3v) is 19.6. The van der Waals surface area contributed by atoms with Crippen LogP contribution in [-0.2, 0) is 233 Å². The maximum atomic E-state index is 14.3. The van der Waals surface area contributed by atoms with E-state index < -0.39 is 348 Å². The average Bonchev–Trinajstić information content (AvgIpc) is 0.802. The monoisotopic (exact) mass is 1960 g/mol. The molecule has 2 amide bonds. The van der Waals surface area contributed by atoms with Gasteiger partial charge in [-0.1, -0.05) is 0 Å². The quantitative estimate of drug-likeness (QED) is 0.0373. The Bertz CT molecular complexity index is 4230. The molecule has 53 heteroatoms. The third kappa shape index (κ3) is 35.4. The van der Waals surface area contributed by atoms with Crippen molar-refractivity contribution in [3.05, 3.63) is 0 Å². The van der Waals surface area contributed by atoms with Crippen molar-refractivity contribution in [2.24, 2.45) is 0 Å². The van der Waals surface area contributed by atoms with E-state index in [1.54, 1.807) is 20.8 Å². The van der Waals surface area contributed by atoms with Crippen LogP contribution in [0.5, 0.6) is 0 Å². The number of carboxylic acids is 1. The SMILES string of the molecule is CC(=O)N[C@H]1[C@H](O[C@H]2[C@@H](OC(C)=O)[C@@H](COC(C)=O)O[C@H](O[C@@H]3[C@H](OC(C)=O)[C@@H](OC(C)=O)[C@H](O[C@H]4[C@H](OC(C)=O)[C@@H](OC(C)=O)[C@H](OCCCC[C@H](NC(=O)OC(C)(C)C)C(=O)O)O[C@@H]4COC(C)=O)O[C@@H]3COC(C)=O)[C@@H]2OC(C)=O)O[C@H](COC(C)=O)[C@H](OC(C)=O)[C@@H]1O[C@@H]1O[C@H](COC(C)=O)[C@H](OC(C)=O)[C@H](OC(C)=O)[C@H]1O[C@@H]1O[C@@H](C)[C@@H](OC(C)=O)[C@@H](OC(C)=O)[C@@H]1OC(C)=O. The fourth-order valence-electron chi connectivity index (χ4n) is 15.0. The zero-order chi connectivity index (χ0) is 102. The van der Waals surface area contributed by atoms with Crippen molar-refractivity contribution >= 4 is 119 Å². The minimum Gasteiger partial charge on any atom is -0.480 e. The molecule has 6 aliphatic rings. The van der Waals surface area contributed by atoms with Gasteiger partial charge in [0.05, 0.1) is 6.10 Å². The van der Waals surface area contributed by atoms with Gasteiger partial charge in [-0.2, -0.15) is 0 Å². The highest BCUT2D eigenvalue weighted by Gasteiger charge is 2.64. The number of hydrogen-bond acceptors (Lipinski definition) is 50. The van der Waals surface area contributed by atoms with Crippen molar-refractivity contribution in [3.63, 3.8) is 0 Å². The molecule has 6 heterocycles. The van der Waals surface area contributed by atoms with Gasteiger partial charge in [-0.05, 0) is 47.0 Å². The zero-order valence-electron chi connectivity index (χ0n) is 78.6. The summed E-state index contributed by atoms with van der Waals surface area (Å²) in [6.45, 7) is 16.6. The first-order valence-electron chi connectivity index (χ1n) is 42.6. The largest absolute Gasteiger partial charge is 0.480 e. The number of ether oxygens (including phenoxy) is 30. The minimum absolute atomic E-state index is 0.0138. The van der Waals surface area contributed by atoms with E-state index in [0.29, 0.717) is 0 Å². The molecular formula is C83H118N2O51. The van der Waals surface area contributed by atoms with Gasteiger partial charge in [-0.15, -0.1) is 0 Å². The molecule has 6 fully saturated rings. The zero-order valence-corrected chi connectivity index (χ0v) is 78.6. The lowest BCUT2D eigenvalue weighted by molar-refractivity contribution is -0.393. The van der Waals surface area contributed by atoms with Crippen LogP contribution in [-0.4, -0.2) is 360 Å². The van der Waals surface area contributed by atoms with Crippen molar-refractivity contribution < 1.29 is 243 Å². The molecule has 136 heavy (non-hydrogen) atoms. The number of carbonyl (C=O) groups excluding carboxylic acids is 19. The lowest BCUT2D eigenvalue weighted by Gasteiger charge is -2.52. The number of rotatable bonds is 41. The van der Waals surface area contributed by atoms with E-state index in [1.807, 2.05) is 0 Å². The number of aliphatic carboxylic acids is 1. The van der Waals surface area contributed by atoms with Gasteiger partial charge in [0, 0.05) is 131 Å². The van der Waals surface area contributed by atoms with Crippen molar-refractivity contribution in [1.82, 2.24) is 10.6 Å². The first-order chi connectivity index (χ1) is 63.5. The Labute approximate surface area is 777 Å². The molecule has 0 aromatic carbocycles. The number of carboxylic acid groups (broad SMARTS) is 1. The second-order valence-electron chi connectivity index (χ2n) is 32.5. The lowest BCUT2D eigenvalue weighted by Crippen LogP contribution is -2.72. The molecule has 0 aliphatic carbocycles. The molecule has 0 aromatic rings. The van der Waals surface area contributed by atoms with Gasteiger partial charge in [0.2, 0.25) is 5.91 Å². The molecule has 0 aromatic heterocycles. The maximum absolute atomic E-state index is 14.3. The Morgan fingerprint density at radius 1 is 0.287 bits per heavy atom. The predicted octanol–water partition coefficient (Wildman–Crippen LogP) is -1.05. The highest BCUT2D eigenvalue weighted by Crippen LogP contribution is 2.43. The molecule has 3 N–H and O–H groups in total. The Hall–Kier alpha value is -11.3. The Morgan fingerprint density at radius 2 is 0.544 bits per heavy atom. The number of carbonyl (C=O) groups is 20. The van der Waals surface area contributed by atoms with Crippen LogP contribution in [0.3, 0.4) is 0 Å². The van der Waals surface area contributed by atoms with Crippen molar-refractivity contribution in [2.75, 3.05) is 39.6 Å². The van der Waals surface area contributed by atoms with Crippen LogP contribution in [0.2, 0.25) is 0 Å². The molecule has 6 saturated heterocycles. The molecule has 53 nitrogen and oxygen atoms in total. The molecule has 0 unspecified atom stereocenters. The molecule has 0 saturated carbocycles. The van der Waals surface area contributed by atoms with Crippen LogP contribution >= 0.6 is 0 Å². The molecule has 766 valence electrons. The second kappa shape index (κ2) is 52.3. The summed E-state index contributed by atoms with van der Waals surface area (Å²) in [5.41, 5.74) is -0.999.